The van der Waals surface area contributed by atoms with E-state index in [0.717, 1.165) is 30.5 Å². The highest BCUT2D eigenvalue weighted by Gasteiger charge is 2.27. The zero-order valence-corrected chi connectivity index (χ0v) is 13.6. The second-order valence-electron chi connectivity index (χ2n) is 7.24. The summed E-state index contributed by atoms with van der Waals surface area (Å²) in [6.07, 6.45) is 8.72. The van der Waals surface area contributed by atoms with E-state index in [1.54, 1.807) is 6.08 Å². The minimum absolute atomic E-state index is 0.0225. The van der Waals surface area contributed by atoms with E-state index in [1.165, 1.54) is 24.8 Å². The third-order valence-corrected chi connectivity index (χ3v) is 4.64. The molecule has 0 unspecified atom stereocenters. The van der Waals surface area contributed by atoms with Gasteiger partial charge in [0.15, 0.2) is 0 Å². The molecule has 1 aliphatic carbocycles. The van der Waals surface area contributed by atoms with Crippen LogP contribution in [0.2, 0.25) is 0 Å². The van der Waals surface area contributed by atoms with E-state index in [1.807, 2.05) is 6.07 Å². The molecule has 1 aromatic carbocycles. The van der Waals surface area contributed by atoms with Crippen molar-refractivity contribution < 1.29 is 4.79 Å². The molecular weight excluding hydrogens is 272 g/mol. The lowest BCUT2D eigenvalue weighted by Gasteiger charge is -2.35. The van der Waals surface area contributed by atoms with Crippen molar-refractivity contribution in [2.45, 2.75) is 64.0 Å². The van der Waals surface area contributed by atoms with Gasteiger partial charge in [-0.15, -0.1) is 0 Å². The molecule has 1 amide bonds. The zero-order valence-electron chi connectivity index (χ0n) is 13.6. The van der Waals surface area contributed by atoms with Gasteiger partial charge in [-0.1, -0.05) is 43.5 Å². The topological polar surface area (TPSA) is 41.1 Å². The van der Waals surface area contributed by atoms with Gasteiger partial charge in [-0.3, -0.25) is 4.79 Å². The van der Waals surface area contributed by atoms with Crippen molar-refractivity contribution in [3.63, 3.8) is 0 Å². The highest BCUT2D eigenvalue weighted by atomic mass is 16.1. The van der Waals surface area contributed by atoms with Gasteiger partial charge >= 0.3 is 0 Å². The largest absolute Gasteiger partial charge is 0.379 e. The fourth-order valence-electron chi connectivity index (χ4n) is 3.62. The summed E-state index contributed by atoms with van der Waals surface area (Å²) in [5, 5.41) is 6.69. The molecule has 0 bridgehead atoms. The summed E-state index contributed by atoms with van der Waals surface area (Å²) in [7, 11) is 0. The van der Waals surface area contributed by atoms with E-state index in [-0.39, 0.29) is 11.4 Å². The zero-order chi connectivity index (χ0) is 15.6. The molecule has 0 atom stereocenters. The van der Waals surface area contributed by atoms with Crippen molar-refractivity contribution in [3.8, 4) is 0 Å². The number of hydrogen-bond acceptors (Lipinski definition) is 2. The number of fused-ring (bicyclic) bond motifs is 1. The van der Waals surface area contributed by atoms with E-state index in [4.69, 9.17) is 0 Å². The second kappa shape index (κ2) is 6.15. The molecule has 1 aromatic rings. The van der Waals surface area contributed by atoms with Crippen LogP contribution in [-0.4, -0.2) is 17.5 Å². The maximum absolute atomic E-state index is 12.4. The fourth-order valence-corrected chi connectivity index (χ4v) is 3.62. The molecule has 0 aromatic heterocycles. The highest BCUT2D eigenvalue weighted by Crippen LogP contribution is 2.29. The molecule has 3 nitrogen and oxygen atoms in total. The van der Waals surface area contributed by atoms with Gasteiger partial charge < -0.3 is 10.6 Å². The van der Waals surface area contributed by atoms with E-state index in [0.29, 0.717) is 6.04 Å². The number of carbonyl (C=O) groups is 1. The van der Waals surface area contributed by atoms with Crippen molar-refractivity contribution >= 4 is 11.6 Å². The molecular formula is C19H26N2O. The molecule has 2 N–H and O–H groups in total. The average Bonchev–Trinajstić information content (AvgIpc) is 2.47. The molecule has 3 rings (SSSR count). The second-order valence-corrected chi connectivity index (χ2v) is 7.24. The molecule has 3 heteroatoms. The van der Waals surface area contributed by atoms with Gasteiger partial charge in [0.25, 0.3) is 0 Å². The Kier molecular flexibility index (Phi) is 4.23. The SMILES string of the molecule is CC1(C)Cc2ccccc2/C(=C/C(=O)NC2CCCCC2)N1. The molecule has 2 aliphatic rings. The normalized spacial score (nSPS) is 22.7. The van der Waals surface area contributed by atoms with Crippen molar-refractivity contribution in [2.24, 2.45) is 0 Å². The Balaban J connectivity index is 1.78. The third kappa shape index (κ3) is 3.52. The lowest BCUT2D eigenvalue weighted by atomic mass is 9.86. The number of amides is 1. The molecule has 1 heterocycles. The Morgan fingerprint density at radius 2 is 1.95 bits per heavy atom. The van der Waals surface area contributed by atoms with E-state index < -0.39 is 0 Å². The van der Waals surface area contributed by atoms with Gasteiger partial charge in [0.1, 0.15) is 0 Å². The van der Waals surface area contributed by atoms with Crippen molar-refractivity contribution in [1.29, 1.82) is 0 Å². The maximum atomic E-state index is 12.4. The first-order chi connectivity index (χ1) is 10.5. The molecule has 22 heavy (non-hydrogen) atoms. The molecule has 0 radical (unpaired) electrons. The minimum atomic E-state index is -0.0225. The number of carbonyl (C=O) groups excluding carboxylic acids is 1. The highest BCUT2D eigenvalue weighted by molar-refractivity contribution is 5.95. The van der Waals surface area contributed by atoms with Crippen LogP contribution in [0.15, 0.2) is 30.3 Å². The van der Waals surface area contributed by atoms with Crippen LogP contribution in [-0.2, 0) is 11.2 Å². The van der Waals surface area contributed by atoms with Crippen LogP contribution >= 0.6 is 0 Å². The molecule has 0 saturated heterocycles. The standard InChI is InChI=1S/C19H26N2O/c1-19(2)13-14-8-6-7-11-16(14)17(21-19)12-18(22)20-15-9-4-3-5-10-15/h6-8,11-12,15,21H,3-5,9-10,13H2,1-2H3,(H,20,22)/b17-12-. The summed E-state index contributed by atoms with van der Waals surface area (Å²) in [6.45, 7) is 4.35. The van der Waals surface area contributed by atoms with Crippen molar-refractivity contribution in [2.75, 3.05) is 0 Å². The van der Waals surface area contributed by atoms with Crippen LogP contribution < -0.4 is 10.6 Å². The first-order valence-corrected chi connectivity index (χ1v) is 8.42. The van der Waals surface area contributed by atoms with Crippen LogP contribution in [0.5, 0.6) is 0 Å². The van der Waals surface area contributed by atoms with Gasteiger partial charge in [-0.25, -0.2) is 0 Å². The molecule has 0 spiro atoms. The Morgan fingerprint density at radius 1 is 1.23 bits per heavy atom. The fraction of sp³-hybridized carbons (Fsp3) is 0.526. The molecule has 1 saturated carbocycles. The van der Waals surface area contributed by atoms with Gasteiger partial charge in [0, 0.05) is 28.9 Å². The maximum Gasteiger partial charge on any atom is 0.246 e. The van der Waals surface area contributed by atoms with Crippen LogP contribution in [0.3, 0.4) is 0 Å². The lowest BCUT2D eigenvalue weighted by molar-refractivity contribution is -0.117. The first kappa shape index (κ1) is 15.1. The molecule has 118 valence electrons. The average molecular weight is 298 g/mol. The summed E-state index contributed by atoms with van der Waals surface area (Å²) < 4.78 is 0. The summed E-state index contributed by atoms with van der Waals surface area (Å²) in [5.74, 6) is 0.0295. The van der Waals surface area contributed by atoms with E-state index in [2.05, 4.69) is 42.7 Å². The number of rotatable bonds is 2. The minimum Gasteiger partial charge on any atom is -0.379 e. The lowest BCUT2D eigenvalue weighted by Crippen LogP contribution is -2.44. The third-order valence-electron chi connectivity index (χ3n) is 4.64. The Morgan fingerprint density at radius 3 is 2.73 bits per heavy atom. The summed E-state index contributed by atoms with van der Waals surface area (Å²) >= 11 is 0. The monoisotopic (exact) mass is 298 g/mol. The van der Waals surface area contributed by atoms with Gasteiger partial charge in [-0.05, 0) is 38.7 Å². The number of benzene rings is 1. The van der Waals surface area contributed by atoms with Crippen LogP contribution in [0.1, 0.15) is 57.1 Å². The van der Waals surface area contributed by atoms with Crippen molar-refractivity contribution in [1.82, 2.24) is 10.6 Å². The van der Waals surface area contributed by atoms with E-state index in [9.17, 15) is 4.79 Å². The van der Waals surface area contributed by atoms with Gasteiger partial charge in [0.2, 0.25) is 5.91 Å². The van der Waals surface area contributed by atoms with Gasteiger partial charge in [0.05, 0.1) is 0 Å². The Labute approximate surface area is 133 Å². The number of hydrogen-bond donors (Lipinski definition) is 2. The van der Waals surface area contributed by atoms with Crippen LogP contribution in [0.25, 0.3) is 5.70 Å². The molecule has 1 aliphatic heterocycles. The summed E-state index contributed by atoms with van der Waals surface area (Å²) in [5.41, 5.74) is 3.38. The van der Waals surface area contributed by atoms with E-state index >= 15 is 0 Å². The first-order valence-electron chi connectivity index (χ1n) is 8.42. The summed E-state index contributed by atoms with van der Waals surface area (Å²) in [6, 6.07) is 8.71. The van der Waals surface area contributed by atoms with Crippen LogP contribution in [0.4, 0.5) is 0 Å². The predicted molar refractivity (Wildman–Crippen MR) is 90.4 cm³/mol. The van der Waals surface area contributed by atoms with Gasteiger partial charge in [-0.2, -0.15) is 0 Å². The Hall–Kier alpha value is -1.77. The number of nitrogens with one attached hydrogen (secondary N) is 2. The van der Waals surface area contributed by atoms with Crippen LogP contribution in [0, 0.1) is 0 Å². The predicted octanol–water partition coefficient (Wildman–Crippen LogP) is 3.40. The Bertz CT molecular complexity index is 583. The molecule has 1 fully saturated rings. The summed E-state index contributed by atoms with van der Waals surface area (Å²) in [4.78, 5) is 12.4. The quantitative estimate of drug-likeness (QED) is 0.822. The smallest absolute Gasteiger partial charge is 0.246 e. The van der Waals surface area contributed by atoms with Crippen molar-refractivity contribution in [3.05, 3.63) is 41.5 Å².